The third-order valence-corrected chi connectivity index (χ3v) is 2.87. The first-order valence-corrected chi connectivity index (χ1v) is 6.09. The van der Waals surface area contributed by atoms with Crippen LogP contribution >= 0.6 is 0 Å². The summed E-state index contributed by atoms with van der Waals surface area (Å²) in [5, 5.41) is 12.9. The van der Waals surface area contributed by atoms with Gasteiger partial charge in [0.25, 0.3) is 0 Å². The van der Waals surface area contributed by atoms with E-state index in [4.69, 9.17) is 0 Å². The summed E-state index contributed by atoms with van der Waals surface area (Å²) in [4.78, 5) is 0. The van der Waals surface area contributed by atoms with Gasteiger partial charge >= 0.3 is 6.18 Å². The van der Waals surface area contributed by atoms with Crippen LogP contribution in [0.2, 0.25) is 0 Å². The summed E-state index contributed by atoms with van der Waals surface area (Å²) in [6.07, 6.45) is -0.417. The van der Waals surface area contributed by atoms with Crippen molar-refractivity contribution in [1.29, 1.82) is 0 Å². The Balaban J connectivity index is 1.81. The van der Waals surface area contributed by atoms with E-state index in [0.29, 0.717) is 12.4 Å². The van der Waals surface area contributed by atoms with Crippen LogP contribution in [0.1, 0.15) is 18.5 Å². The van der Waals surface area contributed by atoms with Gasteiger partial charge in [0.15, 0.2) is 5.69 Å². The number of alkyl halides is 3. The van der Waals surface area contributed by atoms with Crippen LogP contribution in [0.3, 0.4) is 0 Å². The molecule has 0 bridgehead atoms. The molecule has 2 N–H and O–H groups in total. The second-order valence-corrected chi connectivity index (χ2v) is 4.29. The van der Waals surface area contributed by atoms with Gasteiger partial charge in [-0.05, 0) is 31.5 Å². The molecule has 0 saturated heterocycles. The zero-order valence-electron chi connectivity index (χ0n) is 10.3. The lowest BCUT2D eigenvalue weighted by atomic mass is 10.1. The Hall–Kier alpha value is -1.63. The summed E-state index contributed by atoms with van der Waals surface area (Å²) < 4.78 is 36.8. The maximum Gasteiger partial charge on any atom is 0.435 e. The predicted octanol–water partition coefficient (Wildman–Crippen LogP) is 2.22. The summed E-state index contributed by atoms with van der Waals surface area (Å²) in [5.74, 6) is 0.363. The van der Waals surface area contributed by atoms with Crippen molar-refractivity contribution in [3.63, 3.8) is 0 Å². The Morgan fingerprint density at radius 2 is 2.11 bits per heavy atom. The first-order valence-electron chi connectivity index (χ1n) is 6.09. The van der Waals surface area contributed by atoms with Crippen LogP contribution in [0.4, 0.5) is 19.0 Å². The van der Waals surface area contributed by atoms with E-state index in [1.807, 2.05) is 0 Å². The molecule has 0 atom stereocenters. The molecule has 0 aliphatic carbocycles. The lowest BCUT2D eigenvalue weighted by molar-refractivity contribution is -0.141. The molecule has 0 saturated carbocycles. The molecule has 0 radical (unpaired) electrons. The van der Waals surface area contributed by atoms with Gasteiger partial charge in [0.05, 0.1) is 0 Å². The molecule has 2 rings (SSSR count). The van der Waals surface area contributed by atoms with E-state index in [0.717, 1.165) is 32.0 Å². The van der Waals surface area contributed by atoms with Gasteiger partial charge in [0, 0.05) is 13.1 Å². The summed E-state index contributed by atoms with van der Waals surface area (Å²) in [6.45, 7) is 2.51. The molecule has 0 fully saturated rings. The highest BCUT2D eigenvalue weighted by atomic mass is 19.4. The van der Waals surface area contributed by atoms with Gasteiger partial charge < -0.3 is 10.6 Å². The van der Waals surface area contributed by atoms with Crippen molar-refractivity contribution in [1.82, 2.24) is 15.5 Å². The highest BCUT2D eigenvalue weighted by Gasteiger charge is 2.32. The fraction of sp³-hybridized carbons (Fsp3) is 0.500. The molecule has 1 aliphatic heterocycles. The summed E-state index contributed by atoms with van der Waals surface area (Å²) in [6, 6.07) is 2.23. The van der Waals surface area contributed by atoms with E-state index in [2.05, 4.69) is 26.9 Å². The zero-order valence-corrected chi connectivity index (χ0v) is 10.3. The number of anilines is 1. The summed E-state index contributed by atoms with van der Waals surface area (Å²) >= 11 is 0. The van der Waals surface area contributed by atoms with Crippen molar-refractivity contribution in [3.05, 3.63) is 29.5 Å². The van der Waals surface area contributed by atoms with Crippen LogP contribution < -0.4 is 10.6 Å². The second kappa shape index (κ2) is 6.01. The summed E-state index contributed by atoms with van der Waals surface area (Å²) in [7, 11) is 0. The fourth-order valence-electron chi connectivity index (χ4n) is 1.83. The Morgan fingerprint density at radius 3 is 2.68 bits per heavy atom. The number of rotatable bonds is 4. The maximum absolute atomic E-state index is 12.3. The smallest absolute Gasteiger partial charge is 0.368 e. The largest absolute Gasteiger partial charge is 0.435 e. The molecule has 2 heterocycles. The molecule has 1 aromatic heterocycles. The van der Waals surface area contributed by atoms with E-state index in [1.54, 1.807) is 0 Å². The van der Waals surface area contributed by atoms with E-state index in [1.165, 1.54) is 11.6 Å². The van der Waals surface area contributed by atoms with Crippen LogP contribution in [-0.2, 0) is 6.18 Å². The van der Waals surface area contributed by atoms with Gasteiger partial charge in [-0.2, -0.15) is 13.2 Å². The van der Waals surface area contributed by atoms with Crippen LogP contribution in [-0.4, -0.2) is 29.8 Å². The molecule has 7 heteroatoms. The van der Waals surface area contributed by atoms with E-state index in [9.17, 15) is 13.2 Å². The first-order chi connectivity index (χ1) is 9.05. The Labute approximate surface area is 109 Å². The van der Waals surface area contributed by atoms with E-state index < -0.39 is 11.9 Å². The molecule has 1 aromatic rings. The number of halogens is 3. The minimum atomic E-state index is -4.44. The molecular formula is C12H15F3N4. The molecule has 104 valence electrons. The molecule has 0 amide bonds. The van der Waals surface area contributed by atoms with Crippen molar-refractivity contribution in [2.24, 2.45) is 0 Å². The number of hydrogen-bond donors (Lipinski definition) is 2. The minimum absolute atomic E-state index is 0.363. The SMILES string of the molecule is FC(F)(F)c1ccc(NCCC2=CCNCC2)nn1. The highest BCUT2D eigenvalue weighted by Crippen LogP contribution is 2.27. The van der Waals surface area contributed by atoms with E-state index in [-0.39, 0.29) is 0 Å². The molecule has 1 aliphatic rings. The monoisotopic (exact) mass is 272 g/mol. The predicted molar refractivity (Wildman–Crippen MR) is 65.7 cm³/mol. The number of nitrogens with zero attached hydrogens (tertiary/aromatic N) is 2. The Bertz CT molecular complexity index is 439. The number of hydrogen-bond acceptors (Lipinski definition) is 4. The average Bonchev–Trinajstić information content (AvgIpc) is 2.39. The minimum Gasteiger partial charge on any atom is -0.368 e. The molecule has 0 aromatic carbocycles. The second-order valence-electron chi connectivity index (χ2n) is 4.29. The van der Waals surface area contributed by atoms with Crippen LogP contribution in [0.5, 0.6) is 0 Å². The standard InChI is InChI=1S/C12H15F3N4/c13-12(14,15)10-1-2-11(19-18-10)17-8-5-9-3-6-16-7-4-9/h1-3,16H,4-8H2,(H,17,19). The van der Waals surface area contributed by atoms with Crippen molar-refractivity contribution in [3.8, 4) is 0 Å². The Morgan fingerprint density at radius 1 is 1.26 bits per heavy atom. The quantitative estimate of drug-likeness (QED) is 0.825. The third kappa shape index (κ3) is 4.20. The molecule has 4 nitrogen and oxygen atoms in total. The van der Waals surface area contributed by atoms with Crippen molar-refractivity contribution in [2.45, 2.75) is 19.0 Å². The maximum atomic E-state index is 12.3. The number of nitrogens with one attached hydrogen (secondary N) is 2. The van der Waals surface area contributed by atoms with Crippen molar-refractivity contribution in [2.75, 3.05) is 25.0 Å². The molecule has 0 spiro atoms. The first kappa shape index (κ1) is 13.8. The lowest BCUT2D eigenvalue weighted by Crippen LogP contribution is -2.21. The van der Waals surface area contributed by atoms with E-state index >= 15 is 0 Å². The molecular weight excluding hydrogens is 257 g/mol. The van der Waals surface area contributed by atoms with Gasteiger partial charge in [-0.1, -0.05) is 11.6 Å². The molecule has 0 unspecified atom stereocenters. The Kier molecular flexibility index (Phi) is 4.36. The summed E-state index contributed by atoms with van der Waals surface area (Å²) in [5.41, 5.74) is 0.380. The van der Waals surface area contributed by atoms with Crippen molar-refractivity contribution < 1.29 is 13.2 Å². The molecule has 19 heavy (non-hydrogen) atoms. The average molecular weight is 272 g/mol. The fourth-order valence-corrected chi connectivity index (χ4v) is 1.83. The van der Waals surface area contributed by atoms with Crippen molar-refractivity contribution >= 4 is 5.82 Å². The highest BCUT2D eigenvalue weighted by molar-refractivity contribution is 5.33. The van der Waals surface area contributed by atoms with Gasteiger partial charge in [0.1, 0.15) is 5.82 Å². The van der Waals surface area contributed by atoms with Crippen LogP contribution in [0.25, 0.3) is 0 Å². The zero-order chi connectivity index (χ0) is 13.7. The van der Waals surface area contributed by atoms with Crippen LogP contribution in [0.15, 0.2) is 23.8 Å². The normalized spacial score (nSPS) is 16.1. The topological polar surface area (TPSA) is 49.8 Å². The van der Waals surface area contributed by atoms with Crippen LogP contribution in [0, 0.1) is 0 Å². The lowest BCUT2D eigenvalue weighted by Gasteiger charge is -2.14. The van der Waals surface area contributed by atoms with Gasteiger partial charge in [-0.15, -0.1) is 10.2 Å². The van der Waals surface area contributed by atoms with Gasteiger partial charge in [-0.25, -0.2) is 0 Å². The number of aromatic nitrogens is 2. The van der Waals surface area contributed by atoms with Gasteiger partial charge in [-0.3, -0.25) is 0 Å². The third-order valence-electron chi connectivity index (χ3n) is 2.87. The van der Waals surface area contributed by atoms with Gasteiger partial charge in [0.2, 0.25) is 0 Å².